The van der Waals surface area contributed by atoms with E-state index >= 15 is 0 Å². The summed E-state index contributed by atoms with van der Waals surface area (Å²) in [5, 5.41) is 8.35. The van der Waals surface area contributed by atoms with Crippen LogP contribution in [0.15, 0.2) is 24.3 Å². The summed E-state index contributed by atoms with van der Waals surface area (Å²) in [5.41, 5.74) is 2.98. The minimum Gasteiger partial charge on any atom is -0.487 e. The summed E-state index contributed by atoms with van der Waals surface area (Å²) in [4.78, 5) is 3.75. The molecule has 0 saturated heterocycles. The molecule has 1 N–H and O–H groups in total. The fourth-order valence-corrected chi connectivity index (χ4v) is 2.71. The van der Waals surface area contributed by atoms with Gasteiger partial charge in [0.2, 0.25) is 5.95 Å². The predicted molar refractivity (Wildman–Crippen MR) is 93.1 cm³/mol. The van der Waals surface area contributed by atoms with Crippen LogP contribution in [0.2, 0.25) is 5.02 Å². The lowest BCUT2D eigenvalue weighted by Gasteiger charge is -2.23. The van der Waals surface area contributed by atoms with Crippen LogP contribution in [-0.2, 0) is 12.0 Å². The van der Waals surface area contributed by atoms with E-state index in [0.717, 1.165) is 33.0 Å². The van der Waals surface area contributed by atoms with Gasteiger partial charge in [-0.15, -0.1) is 0 Å². The number of ether oxygens (including phenoxy) is 1. The second-order valence-electron chi connectivity index (χ2n) is 6.84. The molecule has 1 aromatic carbocycles. The van der Waals surface area contributed by atoms with Gasteiger partial charge in [-0.3, -0.25) is 5.10 Å². The Morgan fingerprint density at radius 3 is 2.71 bits per heavy atom. The van der Waals surface area contributed by atoms with Gasteiger partial charge in [-0.2, -0.15) is 14.5 Å². The van der Waals surface area contributed by atoms with E-state index in [1.807, 2.05) is 19.1 Å². The zero-order valence-corrected chi connectivity index (χ0v) is 14.8. The van der Waals surface area contributed by atoms with Crippen molar-refractivity contribution in [3.05, 3.63) is 52.1 Å². The molecule has 3 rings (SSSR count). The standard InChI is InChI=1S/C18H19ClFN3O/c1-10-7-15(12(8-13(10)19)18(2,3)4)24-9-14-11-5-6-16(20)21-17(11)23-22-14/h5-8H,9H2,1-4H3,(H,21,22,23). The number of nitrogens with zero attached hydrogens (tertiary/aromatic N) is 2. The van der Waals surface area contributed by atoms with Crippen molar-refractivity contribution in [3.63, 3.8) is 0 Å². The van der Waals surface area contributed by atoms with Crippen LogP contribution in [0, 0.1) is 12.9 Å². The molecule has 3 aromatic rings. The smallest absolute Gasteiger partial charge is 0.214 e. The summed E-state index contributed by atoms with van der Waals surface area (Å²) in [6, 6.07) is 6.86. The normalized spacial score (nSPS) is 11.9. The van der Waals surface area contributed by atoms with Crippen molar-refractivity contribution >= 4 is 22.6 Å². The molecule has 2 heterocycles. The van der Waals surface area contributed by atoms with Gasteiger partial charge in [-0.05, 0) is 42.2 Å². The quantitative estimate of drug-likeness (QED) is 0.683. The first-order valence-corrected chi connectivity index (χ1v) is 8.06. The van der Waals surface area contributed by atoms with Crippen molar-refractivity contribution in [2.24, 2.45) is 0 Å². The van der Waals surface area contributed by atoms with E-state index in [1.54, 1.807) is 6.07 Å². The molecule has 4 nitrogen and oxygen atoms in total. The highest BCUT2D eigenvalue weighted by atomic mass is 35.5. The van der Waals surface area contributed by atoms with E-state index in [-0.39, 0.29) is 12.0 Å². The molecule has 0 saturated carbocycles. The zero-order valence-electron chi connectivity index (χ0n) is 14.1. The molecule has 0 bridgehead atoms. The lowest BCUT2D eigenvalue weighted by Crippen LogP contribution is -2.14. The number of H-pyrrole nitrogens is 1. The number of aromatic nitrogens is 3. The summed E-state index contributed by atoms with van der Waals surface area (Å²) in [7, 11) is 0. The Morgan fingerprint density at radius 2 is 2.00 bits per heavy atom. The van der Waals surface area contributed by atoms with Crippen LogP contribution in [0.4, 0.5) is 4.39 Å². The van der Waals surface area contributed by atoms with Gasteiger partial charge in [0.15, 0.2) is 5.65 Å². The summed E-state index contributed by atoms with van der Waals surface area (Å²) in [6.07, 6.45) is 0. The lowest BCUT2D eigenvalue weighted by atomic mass is 9.86. The maximum Gasteiger partial charge on any atom is 0.214 e. The molecule has 6 heteroatoms. The van der Waals surface area contributed by atoms with Crippen molar-refractivity contribution in [1.82, 2.24) is 15.2 Å². The summed E-state index contributed by atoms with van der Waals surface area (Å²) in [6.45, 7) is 8.56. The Bertz CT molecular complexity index is 899. The number of fused-ring (bicyclic) bond motifs is 1. The third-order valence-corrected chi connectivity index (χ3v) is 4.31. The maximum absolute atomic E-state index is 13.2. The molecule has 126 valence electrons. The van der Waals surface area contributed by atoms with Crippen LogP contribution in [0.25, 0.3) is 11.0 Å². The molecule has 24 heavy (non-hydrogen) atoms. The third kappa shape index (κ3) is 3.22. The SMILES string of the molecule is Cc1cc(OCc2[nH]nc3nc(F)ccc23)c(C(C)(C)C)cc1Cl. The molecule has 0 spiro atoms. The fourth-order valence-electron chi connectivity index (χ4n) is 2.55. The van der Waals surface area contributed by atoms with E-state index in [9.17, 15) is 4.39 Å². The number of halogens is 2. The fraction of sp³-hybridized carbons (Fsp3) is 0.333. The highest BCUT2D eigenvalue weighted by Crippen LogP contribution is 2.36. The summed E-state index contributed by atoms with van der Waals surface area (Å²) >= 11 is 6.27. The van der Waals surface area contributed by atoms with Gasteiger partial charge in [0, 0.05) is 16.0 Å². The number of hydrogen-bond acceptors (Lipinski definition) is 3. The molecule has 0 aliphatic rings. The van der Waals surface area contributed by atoms with Gasteiger partial charge in [-0.1, -0.05) is 32.4 Å². The highest BCUT2D eigenvalue weighted by molar-refractivity contribution is 6.31. The van der Waals surface area contributed by atoms with Crippen LogP contribution < -0.4 is 4.74 Å². The van der Waals surface area contributed by atoms with E-state index in [1.165, 1.54) is 6.07 Å². The average molecular weight is 348 g/mol. The number of aromatic amines is 1. The van der Waals surface area contributed by atoms with Gasteiger partial charge in [-0.25, -0.2) is 0 Å². The lowest BCUT2D eigenvalue weighted by molar-refractivity contribution is 0.294. The van der Waals surface area contributed by atoms with Gasteiger partial charge in [0.05, 0.1) is 5.69 Å². The molecule has 0 aliphatic heterocycles. The zero-order chi connectivity index (χ0) is 17.5. The van der Waals surface area contributed by atoms with E-state index in [0.29, 0.717) is 5.65 Å². The second-order valence-corrected chi connectivity index (χ2v) is 7.25. The van der Waals surface area contributed by atoms with E-state index < -0.39 is 5.95 Å². The number of aryl methyl sites for hydroxylation is 1. The average Bonchev–Trinajstić information content (AvgIpc) is 2.89. The highest BCUT2D eigenvalue weighted by Gasteiger charge is 2.21. The van der Waals surface area contributed by atoms with Crippen molar-refractivity contribution < 1.29 is 9.13 Å². The van der Waals surface area contributed by atoms with E-state index in [2.05, 4.69) is 36.0 Å². The molecule has 0 fully saturated rings. The van der Waals surface area contributed by atoms with Crippen molar-refractivity contribution in [2.45, 2.75) is 39.7 Å². The van der Waals surface area contributed by atoms with Crippen molar-refractivity contribution in [1.29, 1.82) is 0 Å². The van der Waals surface area contributed by atoms with Gasteiger partial charge >= 0.3 is 0 Å². The van der Waals surface area contributed by atoms with Crippen LogP contribution in [0.5, 0.6) is 5.75 Å². The Balaban J connectivity index is 1.92. The molecule has 0 amide bonds. The monoisotopic (exact) mass is 347 g/mol. The molecular weight excluding hydrogens is 329 g/mol. The number of rotatable bonds is 3. The Hall–Kier alpha value is -2.14. The Labute approximate surface area is 145 Å². The molecule has 0 aliphatic carbocycles. The molecule has 0 radical (unpaired) electrons. The van der Waals surface area contributed by atoms with Crippen LogP contribution in [0.1, 0.15) is 37.6 Å². The second kappa shape index (κ2) is 6.06. The molecule has 0 atom stereocenters. The summed E-state index contributed by atoms with van der Waals surface area (Å²) < 4.78 is 19.2. The van der Waals surface area contributed by atoms with Crippen LogP contribution >= 0.6 is 11.6 Å². The van der Waals surface area contributed by atoms with Crippen molar-refractivity contribution in [3.8, 4) is 5.75 Å². The first-order chi connectivity index (χ1) is 11.3. The van der Waals surface area contributed by atoms with E-state index in [4.69, 9.17) is 16.3 Å². The van der Waals surface area contributed by atoms with Gasteiger partial charge < -0.3 is 4.74 Å². The molecule has 0 unspecified atom stereocenters. The number of benzene rings is 1. The van der Waals surface area contributed by atoms with Gasteiger partial charge in [0.1, 0.15) is 12.4 Å². The first-order valence-electron chi connectivity index (χ1n) is 7.68. The maximum atomic E-state index is 13.2. The van der Waals surface area contributed by atoms with Crippen molar-refractivity contribution in [2.75, 3.05) is 0 Å². The minimum atomic E-state index is -0.551. The minimum absolute atomic E-state index is 0.104. The number of hydrogen-bond donors (Lipinski definition) is 1. The molecule has 2 aromatic heterocycles. The predicted octanol–water partition coefficient (Wildman–Crippen LogP) is 4.94. The first kappa shape index (κ1) is 16.7. The van der Waals surface area contributed by atoms with Crippen LogP contribution in [-0.4, -0.2) is 15.2 Å². The Morgan fingerprint density at radius 1 is 1.25 bits per heavy atom. The Kier molecular flexibility index (Phi) is 4.22. The van der Waals surface area contributed by atoms with Crippen LogP contribution in [0.3, 0.4) is 0 Å². The molecular formula is C18H19ClFN3O. The third-order valence-electron chi connectivity index (χ3n) is 3.90. The summed E-state index contributed by atoms with van der Waals surface area (Å²) in [5.74, 6) is 0.229. The number of nitrogens with one attached hydrogen (secondary N) is 1. The topological polar surface area (TPSA) is 50.8 Å². The number of pyridine rings is 1. The largest absolute Gasteiger partial charge is 0.487 e. The van der Waals surface area contributed by atoms with Gasteiger partial charge in [0.25, 0.3) is 0 Å².